The Hall–Kier alpha value is -0.970. The number of para-hydroxylation sites is 1. The van der Waals surface area contributed by atoms with E-state index in [0.29, 0.717) is 6.04 Å². The van der Waals surface area contributed by atoms with Crippen LogP contribution in [0.1, 0.15) is 31.7 Å². The molecule has 0 aliphatic heterocycles. The first-order chi connectivity index (χ1) is 8.69. The SMILES string of the molecule is CC(C)CCC(Cc1nc2ccccc2s1)NN. The smallest absolute Gasteiger partial charge is 0.0954 e. The molecule has 0 radical (unpaired) electrons. The van der Waals surface area contributed by atoms with Crippen molar-refractivity contribution in [2.24, 2.45) is 11.8 Å². The minimum atomic E-state index is 0.327. The summed E-state index contributed by atoms with van der Waals surface area (Å²) in [6.07, 6.45) is 3.21. The van der Waals surface area contributed by atoms with Gasteiger partial charge >= 0.3 is 0 Å². The summed E-state index contributed by atoms with van der Waals surface area (Å²) in [5.74, 6) is 6.35. The van der Waals surface area contributed by atoms with Crippen LogP contribution in [0.25, 0.3) is 10.2 Å². The van der Waals surface area contributed by atoms with Crippen molar-refractivity contribution in [1.82, 2.24) is 10.4 Å². The summed E-state index contributed by atoms with van der Waals surface area (Å²) >= 11 is 1.77. The Balaban J connectivity index is 2.02. The lowest BCUT2D eigenvalue weighted by Crippen LogP contribution is -2.36. The van der Waals surface area contributed by atoms with Crippen LogP contribution in [0, 0.1) is 5.92 Å². The van der Waals surface area contributed by atoms with Crippen molar-refractivity contribution in [3.63, 3.8) is 0 Å². The summed E-state index contributed by atoms with van der Waals surface area (Å²) in [5.41, 5.74) is 4.01. The summed E-state index contributed by atoms with van der Waals surface area (Å²) < 4.78 is 1.26. The standard InChI is InChI=1S/C14H21N3S/c1-10(2)7-8-11(17-15)9-14-16-12-5-3-4-6-13(12)18-14/h3-6,10-11,17H,7-9,15H2,1-2H3. The predicted octanol–water partition coefficient (Wildman–Crippen LogP) is 3.11. The van der Waals surface area contributed by atoms with Crippen molar-refractivity contribution in [3.8, 4) is 0 Å². The third-order valence-corrected chi connectivity index (χ3v) is 4.15. The fourth-order valence-electron chi connectivity index (χ4n) is 2.00. The minimum absolute atomic E-state index is 0.327. The number of hydrazine groups is 1. The molecule has 4 heteroatoms. The number of benzene rings is 1. The van der Waals surface area contributed by atoms with E-state index < -0.39 is 0 Å². The Morgan fingerprint density at radius 2 is 2.06 bits per heavy atom. The average Bonchev–Trinajstić information content (AvgIpc) is 2.76. The predicted molar refractivity (Wildman–Crippen MR) is 78.5 cm³/mol. The lowest BCUT2D eigenvalue weighted by atomic mass is 10.0. The van der Waals surface area contributed by atoms with Gasteiger partial charge in [-0.05, 0) is 30.9 Å². The van der Waals surface area contributed by atoms with Crippen LogP contribution in [-0.2, 0) is 6.42 Å². The van der Waals surface area contributed by atoms with Crippen LogP contribution in [0.2, 0.25) is 0 Å². The quantitative estimate of drug-likeness (QED) is 0.622. The van der Waals surface area contributed by atoms with Crippen molar-refractivity contribution in [2.75, 3.05) is 0 Å². The van der Waals surface area contributed by atoms with E-state index in [9.17, 15) is 0 Å². The monoisotopic (exact) mass is 263 g/mol. The third-order valence-electron chi connectivity index (χ3n) is 3.09. The van der Waals surface area contributed by atoms with E-state index in [-0.39, 0.29) is 0 Å². The van der Waals surface area contributed by atoms with E-state index in [1.165, 1.54) is 16.1 Å². The van der Waals surface area contributed by atoms with Gasteiger partial charge in [-0.3, -0.25) is 11.3 Å². The van der Waals surface area contributed by atoms with Crippen LogP contribution >= 0.6 is 11.3 Å². The summed E-state index contributed by atoms with van der Waals surface area (Å²) in [7, 11) is 0. The number of hydrogen-bond donors (Lipinski definition) is 2. The summed E-state index contributed by atoms with van der Waals surface area (Å²) in [6, 6.07) is 8.60. The molecule has 0 spiro atoms. The fourth-order valence-corrected chi connectivity index (χ4v) is 3.04. The zero-order valence-corrected chi connectivity index (χ0v) is 11.8. The zero-order chi connectivity index (χ0) is 13.0. The van der Waals surface area contributed by atoms with Gasteiger partial charge in [0.05, 0.1) is 15.2 Å². The number of nitrogens with two attached hydrogens (primary N) is 1. The molecule has 0 fully saturated rings. The highest BCUT2D eigenvalue weighted by molar-refractivity contribution is 7.18. The van der Waals surface area contributed by atoms with E-state index >= 15 is 0 Å². The lowest BCUT2D eigenvalue weighted by Gasteiger charge is -2.15. The third kappa shape index (κ3) is 3.51. The first kappa shape index (κ1) is 13.5. The molecule has 0 aliphatic carbocycles. The number of nitrogens with one attached hydrogen (secondary N) is 1. The van der Waals surface area contributed by atoms with E-state index in [1.54, 1.807) is 11.3 Å². The number of hydrogen-bond acceptors (Lipinski definition) is 4. The maximum Gasteiger partial charge on any atom is 0.0954 e. The Morgan fingerprint density at radius 3 is 2.72 bits per heavy atom. The van der Waals surface area contributed by atoms with Crippen LogP contribution in [0.15, 0.2) is 24.3 Å². The van der Waals surface area contributed by atoms with Gasteiger partial charge in [0.1, 0.15) is 0 Å². The van der Waals surface area contributed by atoms with Gasteiger partial charge in [0.25, 0.3) is 0 Å². The molecule has 2 aromatic rings. The highest BCUT2D eigenvalue weighted by atomic mass is 32.1. The Morgan fingerprint density at radius 1 is 1.28 bits per heavy atom. The van der Waals surface area contributed by atoms with Crippen molar-refractivity contribution in [1.29, 1.82) is 0 Å². The molecule has 3 N–H and O–H groups in total. The molecule has 1 aromatic carbocycles. The molecule has 3 nitrogen and oxygen atoms in total. The normalized spacial score (nSPS) is 13.3. The molecular weight excluding hydrogens is 242 g/mol. The molecule has 1 heterocycles. The van der Waals surface area contributed by atoms with Crippen LogP contribution < -0.4 is 11.3 Å². The first-order valence-corrected chi connectivity index (χ1v) is 7.31. The fraction of sp³-hybridized carbons (Fsp3) is 0.500. The lowest BCUT2D eigenvalue weighted by molar-refractivity contribution is 0.434. The van der Waals surface area contributed by atoms with E-state index in [4.69, 9.17) is 5.84 Å². The van der Waals surface area contributed by atoms with Crippen LogP contribution in [0.3, 0.4) is 0 Å². The molecule has 18 heavy (non-hydrogen) atoms. The van der Waals surface area contributed by atoms with Crippen LogP contribution in [0.4, 0.5) is 0 Å². The molecule has 0 saturated heterocycles. The van der Waals surface area contributed by atoms with Gasteiger partial charge < -0.3 is 0 Å². The second-order valence-electron chi connectivity index (χ2n) is 5.11. The number of thiazole rings is 1. The van der Waals surface area contributed by atoms with E-state index in [2.05, 4.69) is 42.5 Å². The second-order valence-corrected chi connectivity index (χ2v) is 6.23. The number of aromatic nitrogens is 1. The average molecular weight is 263 g/mol. The highest BCUT2D eigenvalue weighted by Crippen LogP contribution is 2.23. The van der Waals surface area contributed by atoms with Gasteiger partial charge in [-0.25, -0.2) is 4.98 Å². The largest absolute Gasteiger partial charge is 0.271 e. The van der Waals surface area contributed by atoms with Crippen molar-refractivity contribution >= 4 is 21.6 Å². The Kier molecular flexibility index (Phi) is 4.69. The van der Waals surface area contributed by atoms with Gasteiger partial charge in [-0.1, -0.05) is 26.0 Å². The number of fused-ring (bicyclic) bond motifs is 1. The van der Waals surface area contributed by atoms with Crippen molar-refractivity contribution in [3.05, 3.63) is 29.3 Å². The van der Waals surface area contributed by atoms with Crippen LogP contribution in [-0.4, -0.2) is 11.0 Å². The molecule has 0 saturated carbocycles. The van der Waals surface area contributed by atoms with Gasteiger partial charge in [0, 0.05) is 12.5 Å². The molecule has 1 aromatic heterocycles. The molecule has 1 atom stereocenters. The van der Waals surface area contributed by atoms with Gasteiger partial charge in [0.2, 0.25) is 0 Å². The topological polar surface area (TPSA) is 50.9 Å². The van der Waals surface area contributed by atoms with Crippen molar-refractivity contribution in [2.45, 2.75) is 39.2 Å². The molecule has 1 unspecified atom stereocenters. The Bertz CT molecular complexity index is 459. The maximum absolute atomic E-state index is 5.63. The maximum atomic E-state index is 5.63. The minimum Gasteiger partial charge on any atom is -0.271 e. The molecule has 98 valence electrons. The van der Waals surface area contributed by atoms with Gasteiger partial charge in [0.15, 0.2) is 0 Å². The zero-order valence-electron chi connectivity index (χ0n) is 11.0. The first-order valence-electron chi connectivity index (χ1n) is 6.49. The molecular formula is C14H21N3S. The van der Waals surface area contributed by atoms with Gasteiger partial charge in [-0.2, -0.15) is 0 Å². The van der Waals surface area contributed by atoms with Gasteiger partial charge in [-0.15, -0.1) is 11.3 Å². The summed E-state index contributed by atoms with van der Waals surface area (Å²) in [5, 5.41) is 1.17. The molecule has 0 aliphatic rings. The van der Waals surface area contributed by atoms with Crippen molar-refractivity contribution < 1.29 is 0 Å². The number of nitrogens with zero attached hydrogens (tertiary/aromatic N) is 1. The molecule has 0 amide bonds. The Labute approximate surface area is 112 Å². The molecule has 2 rings (SSSR count). The number of rotatable bonds is 6. The summed E-state index contributed by atoms with van der Waals surface area (Å²) in [6.45, 7) is 4.48. The molecule has 0 bridgehead atoms. The van der Waals surface area contributed by atoms with Crippen LogP contribution in [0.5, 0.6) is 0 Å². The van der Waals surface area contributed by atoms with E-state index in [1.807, 2.05) is 6.07 Å². The highest BCUT2D eigenvalue weighted by Gasteiger charge is 2.12. The van der Waals surface area contributed by atoms with E-state index in [0.717, 1.165) is 24.3 Å². The second kappa shape index (κ2) is 6.27. The summed E-state index contributed by atoms with van der Waals surface area (Å²) in [4.78, 5) is 4.65.